The fourth-order valence-electron chi connectivity index (χ4n) is 4.55. The van der Waals surface area contributed by atoms with Crippen molar-refractivity contribution in [3.63, 3.8) is 0 Å². The summed E-state index contributed by atoms with van der Waals surface area (Å²) in [6, 6.07) is 15.9. The molecule has 1 heterocycles. The molecular weight excluding hydrogens is 428 g/mol. The van der Waals surface area contributed by atoms with Gasteiger partial charge in [0.15, 0.2) is 0 Å². The zero-order chi connectivity index (χ0) is 23.4. The molecule has 33 heavy (non-hydrogen) atoms. The molecule has 1 fully saturated rings. The molecule has 0 bridgehead atoms. The molecule has 1 aliphatic heterocycles. The van der Waals surface area contributed by atoms with Crippen molar-refractivity contribution in [3.8, 4) is 11.1 Å². The number of ether oxygens (including phenoxy) is 2. The predicted octanol–water partition coefficient (Wildman–Crippen LogP) is 1.59. The standard InChI is InChI=1S/C24H26N2O7/c27-11-10-26(13-21(28)29)22(30)24(9-12-32-15-24)25-23(31)33-14-20-18-7-3-1-5-16(18)17-6-2-4-8-19(17)20/h1-8,20,27H,9-15H2,(H,25,31)(H,28,29). The van der Waals surface area contributed by atoms with E-state index in [1.807, 2.05) is 48.5 Å². The number of aliphatic hydroxyl groups is 1. The maximum Gasteiger partial charge on any atom is 0.408 e. The first-order valence-corrected chi connectivity index (χ1v) is 10.8. The highest BCUT2D eigenvalue weighted by Gasteiger charge is 2.47. The highest BCUT2D eigenvalue weighted by molar-refractivity contribution is 5.92. The number of carboxylic acids is 1. The summed E-state index contributed by atoms with van der Waals surface area (Å²) in [5, 5.41) is 21.0. The summed E-state index contributed by atoms with van der Waals surface area (Å²) in [5.41, 5.74) is 2.90. The van der Waals surface area contributed by atoms with Crippen molar-refractivity contribution in [2.45, 2.75) is 17.9 Å². The largest absolute Gasteiger partial charge is 0.480 e. The van der Waals surface area contributed by atoms with Crippen LogP contribution in [-0.4, -0.2) is 78.1 Å². The van der Waals surface area contributed by atoms with Crippen LogP contribution in [0.2, 0.25) is 0 Å². The molecule has 2 aromatic carbocycles. The minimum absolute atomic E-state index is 0.0838. The van der Waals surface area contributed by atoms with Crippen molar-refractivity contribution >= 4 is 18.0 Å². The number of nitrogens with zero attached hydrogens (tertiary/aromatic N) is 1. The quantitative estimate of drug-likeness (QED) is 0.553. The number of nitrogens with one attached hydrogen (secondary N) is 1. The van der Waals surface area contributed by atoms with Gasteiger partial charge in [0.2, 0.25) is 0 Å². The van der Waals surface area contributed by atoms with Gasteiger partial charge in [-0.25, -0.2) is 4.79 Å². The molecule has 0 aromatic heterocycles. The van der Waals surface area contributed by atoms with Crippen molar-refractivity contribution < 1.29 is 34.1 Å². The fraction of sp³-hybridized carbons (Fsp3) is 0.375. The number of hydrogen-bond donors (Lipinski definition) is 3. The van der Waals surface area contributed by atoms with Crippen molar-refractivity contribution in [3.05, 3.63) is 59.7 Å². The summed E-state index contributed by atoms with van der Waals surface area (Å²) in [6.45, 7) is -0.943. The van der Waals surface area contributed by atoms with E-state index in [1.165, 1.54) is 0 Å². The Morgan fingerprint density at radius 2 is 1.73 bits per heavy atom. The van der Waals surface area contributed by atoms with Crippen LogP contribution < -0.4 is 5.32 Å². The number of benzene rings is 2. The molecule has 0 saturated carbocycles. The molecule has 1 unspecified atom stereocenters. The van der Waals surface area contributed by atoms with Gasteiger partial charge in [-0.05, 0) is 22.3 Å². The van der Waals surface area contributed by atoms with E-state index in [-0.39, 0.29) is 38.7 Å². The van der Waals surface area contributed by atoms with Crippen LogP contribution in [0.5, 0.6) is 0 Å². The maximum absolute atomic E-state index is 13.1. The monoisotopic (exact) mass is 454 g/mol. The van der Waals surface area contributed by atoms with Gasteiger partial charge in [-0.3, -0.25) is 9.59 Å². The summed E-state index contributed by atoms with van der Waals surface area (Å²) >= 11 is 0. The van der Waals surface area contributed by atoms with E-state index in [0.717, 1.165) is 27.2 Å². The Balaban J connectivity index is 1.47. The number of amides is 2. The minimum atomic E-state index is -1.44. The first-order chi connectivity index (χ1) is 15.9. The second-order valence-corrected chi connectivity index (χ2v) is 8.18. The molecule has 2 aliphatic rings. The molecule has 174 valence electrons. The molecule has 1 aliphatic carbocycles. The highest BCUT2D eigenvalue weighted by atomic mass is 16.6. The number of aliphatic carboxylic acids is 1. The average Bonchev–Trinajstić information content (AvgIpc) is 3.40. The normalized spacial score (nSPS) is 18.9. The van der Waals surface area contributed by atoms with Gasteiger partial charge < -0.3 is 29.9 Å². The smallest absolute Gasteiger partial charge is 0.408 e. The van der Waals surface area contributed by atoms with E-state index in [2.05, 4.69) is 5.32 Å². The molecule has 9 nitrogen and oxygen atoms in total. The first kappa shape index (κ1) is 22.8. The Morgan fingerprint density at radius 3 is 2.27 bits per heavy atom. The van der Waals surface area contributed by atoms with E-state index < -0.39 is 36.7 Å². The zero-order valence-corrected chi connectivity index (χ0v) is 18.0. The predicted molar refractivity (Wildman–Crippen MR) is 118 cm³/mol. The molecule has 2 amide bonds. The molecular formula is C24H26N2O7. The van der Waals surface area contributed by atoms with E-state index in [9.17, 15) is 19.5 Å². The molecule has 1 saturated heterocycles. The summed E-state index contributed by atoms with van der Waals surface area (Å²) in [5.74, 6) is -1.97. The lowest BCUT2D eigenvalue weighted by Crippen LogP contribution is -2.61. The van der Waals surface area contributed by atoms with Crippen LogP contribution in [0.25, 0.3) is 11.1 Å². The van der Waals surface area contributed by atoms with Gasteiger partial charge >= 0.3 is 12.1 Å². The number of aliphatic hydroxyl groups excluding tert-OH is 1. The minimum Gasteiger partial charge on any atom is -0.480 e. The van der Waals surface area contributed by atoms with Gasteiger partial charge in [-0.1, -0.05) is 48.5 Å². The number of carbonyl (C=O) groups excluding carboxylic acids is 2. The summed E-state index contributed by atoms with van der Waals surface area (Å²) in [4.78, 5) is 38.0. The molecule has 1 atom stereocenters. The van der Waals surface area contributed by atoms with Crippen molar-refractivity contribution in [1.29, 1.82) is 0 Å². The Morgan fingerprint density at radius 1 is 1.09 bits per heavy atom. The van der Waals surface area contributed by atoms with E-state index >= 15 is 0 Å². The van der Waals surface area contributed by atoms with Gasteiger partial charge in [0.05, 0.1) is 13.2 Å². The number of hydrogen-bond acceptors (Lipinski definition) is 6. The zero-order valence-electron chi connectivity index (χ0n) is 18.0. The van der Waals surface area contributed by atoms with Gasteiger partial charge in [-0.15, -0.1) is 0 Å². The molecule has 9 heteroatoms. The summed E-state index contributed by atoms with van der Waals surface area (Å²) < 4.78 is 10.9. The molecule has 2 aromatic rings. The summed E-state index contributed by atoms with van der Waals surface area (Å²) in [7, 11) is 0. The lowest BCUT2D eigenvalue weighted by molar-refractivity contribution is -0.148. The molecule has 3 N–H and O–H groups in total. The third kappa shape index (κ3) is 4.55. The lowest BCUT2D eigenvalue weighted by Gasteiger charge is -2.32. The highest BCUT2D eigenvalue weighted by Crippen LogP contribution is 2.44. The SMILES string of the molecule is O=C(O)CN(CCO)C(=O)C1(NC(=O)OCC2c3ccccc3-c3ccccc32)CCOC1. The molecule has 0 radical (unpaired) electrons. The Labute approximate surface area is 190 Å². The number of alkyl carbamates (subject to hydrolysis) is 1. The van der Waals surface area contributed by atoms with Crippen LogP contribution in [0, 0.1) is 0 Å². The number of fused-ring (bicyclic) bond motifs is 3. The summed E-state index contributed by atoms with van der Waals surface area (Å²) in [6.07, 6.45) is -0.604. The second kappa shape index (κ2) is 9.60. The Bertz CT molecular complexity index is 1000. The third-order valence-electron chi connectivity index (χ3n) is 6.10. The maximum atomic E-state index is 13.1. The number of rotatable bonds is 8. The van der Waals surface area contributed by atoms with Crippen LogP contribution in [-0.2, 0) is 19.1 Å². The van der Waals surface area contributed by atoms with Crippen LogP contribution in [0.1, 0.15) is 23.5 Å². The molecule has 4 rings (SSSR count). The van der Waals surface area contributed by atoms with Crippen molar-refractivity contribution in [2.75, 3.05) is 39.5 Å². The van der Waals surface area contributed by atoms with Crippen LogP contribution in [0.15, 0.2) is 48.5 Å². The van der Waals surface area contributed by atoms with Crippen molar-refractivity contribution in [1.82, 2.24) is 10.2 Å². The topological polar surface area (TPSA) is 125 Å². The Kier molecular flexibility index (Phi) is 6.62. The first-order valence-electron chi connectivity index (χ1n) is 10.8. The van der Waals surface area contributed by atoms with Crippen LogP contribution in [0.3, 0.4) is 0 Å². The number of carbonyl (C=O) groups is 3. The number of carboxylic acid groups (broad SMARTS) is 1. The lowest BCUT2D eigenvalue weighted by atomic mass is 9.96. The van der Waals surface area contributed by atoms with E-state index in [4.69, 9.17) is 14.6 Å². The van der Waals surface area contributed by atoms with E-state index in [1.54, 1.807) is 0 Å². The molecule has 0 spiro atoms. The van der Waals surface area contributed by atoms with E-state index in [0.29, 0.717) is 0 Å². The third-order valence-corrected chi connectivity index (χ3v) is 6.10. The van der Waals surface area contributed by atoms with Crippen LogP contribution in [0.4, 0.5) is 4.79 Å². The van der Waals surface area contributed by atoms with Crippen molar-refractivity contribution in [2.24, 2.45) is 0 Å². The van der Waals surface area contributed by atoms with Gasteiger partial charge in [-0.2, -0.15) is 0 Å². The van der Waals surface area contributed by atoms with Gasteiger partial charge in [0.25, 0.3) is 5.91 Å². The Hall–Kier alpha value is -3.43. The second-order valence-electron chi connectivity index (χ2n) is 8.18. The van der Waals surface area contributed by atoms with Gasteiger partial charge in [0.1, 0.15) is 18.7 Å². The average molecular weight is 454 g/mol. The fourth-order valence-corrected chi connectivity index (χ4v) is 4.55. The van der Waals surface area contributed by atoms with Crippen LogP contribution >= 0.6 is 0 Å². The van der Waals surface area contributed by atoms with Gasteiger partial charge in [0, 0.05) is 25.5 Å².